The number of hydrogen-bond donors (Lipinski definition) is 1. The van der Waals surface area contributed by atoms with Crippen LogP contribution in [0.3, 0.4) is 0 Å². The summed E-state index contributed by atoms with van der Waals surface area (Å²) in [5, 5.41) is 3.27. The number of aromatic nitrogens is 2. The molecule has 112 valence electrons. The van der Waals surface area contributed by atoms with Crippen molar-refractivity contribution in [3.8, 4) is 0 Å². The first-order valence-electron chi connectivity index (χ1n) is 8.15. The molecule has 20 heavy (non-hydrogen) atoms. The van der Waals surface area contributed by atoms with Gasteiger partial charge in [0.25, 0.3) is 0 Å². The highest BCUT2D eigenvalue weighted by molar-refractivity contribution is 5.42. The zero-order valence-corrected chi connectivity index (χ0v) is 12.9. The Morgan fingerprint density at radius 3 is 2.95 bits per heavy atom. The SMILES string of the molecule is CCCNc1nccc(N2CCCC(CCC)CC2)n1. The fourth-order valence-electron chi connectivity index (χ4n) is 2.94. The maximum Gasteiger partial charge on any atom is 0.224 e. The van der Waals surface area contributed by atoms with E-state index in [0.717, 1.165) is 43.7 Å². The monoisotopic (exact) mass is 276 g/mol. The zero-order valence-electron chi connectivity index (χ0n) is 12.9. The average Bonchev–Trinajstić information content (AvgIpc) is 2.72. The van der Waals surface area contributed by atoms with Crippen molar-refractivity contribution in [1.29, 1.82) is 0 Å². The Morgan fingerprint density at radius 2 is 2.15 bits per heavy atom. The van der Waals surface area contributed by atoms with Crippen molar-refractivity contribution in [3.05, 3.63) is 12.3 Å². The maximum atomic E-state index is 4.65. The molecular weight excluding hydrogens is 248 g/mol. The molecule has 2 rings (SSSR count). The van der Waals surface area contributed by atoms with E-state index in [0.29, 0.717) is 0 Å². The predicted octanol–water partition coefficient (Wildman–Crippen LogP) is 3.71. The first-order valence-corrected chi connectivity index (χ1v) is 8.15. The first-order chi connectivity index (χ1) is 9.83. The minimum Gasteiger partial charge on any atom is -0.356 e. The predicted molar refractivity (Wildman–Crippen MR) is 85.3 cm³/mol. The Kier molecular flexibility index (Phi) is 6.09. The second-order valence-electron chi connectivity index (χ2n) is 5.74. The van der Waals surface area contributed by atoms with Crippen LogP contribution in [0.25, 0.3) is 0 Å². The molecule has 2 heterocycles. The van der Waals surface area contributed by atoms with Gasteiger partial charge in [0.2, 0.25) is 5.95 Å². The third-order valence-corrected chi connectivity index (χ3v) is 4.04. The molecule has 0 amide bonds. The molecule has 1 aromatic heterocycles. The lowest BCUT2D eigenvalue weighted by Crippen LogP contribution is -2.25. The van der Waals surface area contributed by atoms with E-state index < -0.39 is 0 Å². The molecule has 4 heteroatoms. The summed E-state index contributed by atoms with van der Waals surface area (Å²) in [6, 6.07) is 2.04. The molecule has 0 bridgehead atoms. The van der Waals surface area contributed by atoms with Crippen molar-refractivity contribution in [1.82, 2.24) is 9.97 Å². The van der Waals surface area contributed by atoms with Gasteiger partial charge in [-0.05, 0) is 37.7 Å². The van der Waals surface area contributed by atoms with Crippen LogP contribution in [0.5, 0.6) is 0 Å². The van der Waals surface area contributed by atoms with Crippen molar-refractivity contribution in [2.75, 3.05) is 29.9 Å². The van der Waals surface area contributed by atoms with E-state index in [9.17, 15) is 0 Å². The molecule has 4 nitrogen and oxygen atoms in total. The summed E-state index contributed by atoms with van der Waals surface area (Å²) in [6.07, 6.45) is 9.60. The van der Waals surface area contributed by atoms with Crippen molar-refractivity contribution >= 4 is 11.8 Å². The number of rotatable bonds is 6. The molecule has 1 atom stereocenters. The molecule has 0 spiro atoms. The lowest BCUT2D eigenvalue weighted by molar-refractivity contribution is 0.435. The van der Waals surface area contributed by atoms with Gasteiger partial charge in [0.15, 0.2) is 0 Å². The molecule has 0 radical (unpaired) electrons. The van der Waals surface area contributed by atoms with Crippen molar-refractivity contribution in [2.45, 2.75) is 52.4 Å². The van der Waals surface area contributed by atoms with Crippen LogP contribution in [-0.4, -0.2) is 29.6 Å². The van der Waals surface area contributed by atoms with Gasteiger partial charge in [-0.3, -0.25) is 0 Å². The van der Waals surface area contributed by atoms with Crippen LogP contribution in [0.1, 0.15) is 52.4 Å². The molecule has 0 aromatic carbocycles. The van der Waals surface area contributed by atoms with E-state index in [1.54, 1.807) is 0 Å². The molecule has 1 aromatic rings. The molecule has 0 saturated carbocycles. The van der Waals surface area contributed by atoms with E-state index in [1.165, 1.54) is 32.1 Å². The summed E-state index contributed by atoms with van der Waals surface area (Å²) < 4.78 is 0. The average molecular weight is 276 g/mol. The summed E-state index contributed by atoms with van der Waals surface area (Å²) in [5.74, 6) is 2.75. The van der Waals surface area contributed by atoms with E-state index >= 15 is 0 Å². The molecule has 1 N–H and O–H groups in total. The van der Waals surface area contributed by atoms with Gasteiger partial charge in [-0.2, -0.15) is 4.98 Å². The third-order valence-electron chi connectivity index (χ3n) is 4.04. The standard InChI is InChI=1S/C16H28N4/c1-3-6-14-7-5-12-20(13-9-14)15-8-11-18-16(19-15)17-10-4-2/h8,11,14H,3-7,9-10,12-13H2,1-2H3,(H,17,18,19). The zero-order chi connectivity index (χ0) is 14.2. The van der Waals surface area contributed by atoms with Gasteiger partial charge in [0.05, 0.1) is 0 Å². The van der Waals surface area contributed by atoms with E-state index in [4.69, 9.17) is 0 Å². The molecule has 1 saturated heterocycles. The summed E-state index contributed by atoms with van der Waals surface area (Å²) in [4.78, 5) is 11.4. The van der Waals surface area contributed by atoms with Gasteiger partial charge in [-0.1, -0.05) is 26.7 Å². The molecule has 0 aliphatic carbocycles. The van der Waals surface area contributed by atoms with Crippen LogP contribution in [0.4, 0.5) is 11.8 Å². The van der Waals surface area contributed by atoms with Crippen LogP contribution in [0, 0.1) is 5.92 Å². The normalized spacial score (nSPS) is 19.7. The Bertz CT molecular complexity index is 394. The number of nitrogens with one attached hydrogen (secondary N) is 1. The second-order valence-corrected chi connectivity index (χ2v) is 5.74. The number of nitrogens with zero attached hydrogens (tertiary/aromatic N) is 3. The van der Waals surface area contributed by atoms with E-state index in [2.05, 4.69) is 34.0 Å². The molecule has 1 unspecified atom stereocenters. The Hall–Kier alpha value is -1.32. The fourth-order valence-corrected chi connectivity index (χ4v) is 2.94. The third kappa shape index (κ3) is 4.36. The van der Waals surface area contributed by atoms with Crippen LogP contribution in [0.2, 0.25) is 0 Å². The number of anilines is 2. The van der Waals surface area contributed by atoms with Gasteiger partial charge in [-0.25, -0.2) is 4.98 Å². The highest BCUT2D eigenvalue weighted by Gasteiger charge is 2.17. The molecular formula is C16H28N4. The highest BCUT2D eigenvalue weighted by atomic mass is 15.2. The quantitative estimate of drug-likeness (QED) is 0.860. The van der Waals surface area contributed by atoms with Crippen LogP contribution in [0.15, 0.2) is 12.3 Å². The van der Waals surface area contributed by atoms with Crippen molar-refractivity contribution in [2.24, 2.45) is 5.92 Å². The lowest BCUT2D eigenvalue weighted by Gasteiger charge is -2.22. The molecule has 1 fully saturated rings. The highest BCUT2D eigenvalue weighted by Crippen LogP contribution is 2.24. The summed E-state index contributed by atoms with van der Waals surface area (Å²) in [5.41, 5.74) is 0. The second kappa shape index (κ2) is 8.08. The van der Waals surface area contributed by atoms with Gasteiger partial charge in [-0.15, -0.1) is 0 Å². The smallest absolute Gasteiger partial charge is 0.224 e. The van der Waals surface area contributed by atoms with Gasteiger partial charge >= 0.3 is 0 Å². The Morgan fingerprint density at radius 1 is 1.25 bits per heavy atom. The van der Waals surface area contributed by atoms with E-state index in [-0.39, 0.29) is 0 Å². The summed E-state index contributed by atoms with van der Waals surface area (Å²) >= 11 is 0. The Labute approximate surface area is 123 Å². The lowest BCUT2D eigenvalue weighted by atomic mass is 9.96. The van der Waals surface area contributed by atoms with Crippen LogP contribution in [-0.2, 0) is 0 Å². The van der Waals surface area contributed by atoms with E-state index in [1.807, 2.05) is 12.3 Å². The molecule has 1 aliphatic rings. The van der Waals surface area contributed by atoms with Gasteiger partial charge in [0, 0.05) is 25.8 Å². The van der Waals surface area contributed by atoms with Crippen molar-refractivity contribution in [3.63, 3.8) is 0 Å². The fraction of sp³-hybridized carbons (Fsp3) is 0.750. The van der Waals surface area contributed by atoms with Crippen LogP contribution < -0.4 is 10.2 Å². The van der Waals surface area contributed by atoms with Crippen LogP contribution >= 0.6 is 0 Å². The first kappa shape index (κ1) is 15.1. The van der Waals surface area contributed by atoms with Gasteiger partial charge in [0.1, 0.15) is 5.82 Å². The molecule has 1 aliphatic heterocycles. The minimum absolute atomic E-state index is 0.763. The van der Waals surface area contributed by atoms with Crippen molar-refractivity contribution < 1.29 is 0 Å². The minimum atomic E-state index is 0.763. The summed E-state index contributed by atoms with van der Waals surface area (Å²) in [6.45, 7) is 7.64. The Balaban J connectivity index is 1.96. The summed E-state index contributed by atoms with van der Waals surface area (Å²) in [7, 11) is 0. The largest absolute Gasteiger partial charge is 0.356 e. The maximum absolute atomic E-state index is 4.65. The number of hydrogen-bond acceptors (Lipinski definition) is 4. The topological polar surface area (TPSA) is 41.1 Å². The van der Waals surface area contributed by atoms with Gasteiger partial charge < -0.3 is 10.2 Å².